The molecular formula is C10H14BrNO3. The number of aliphatic hydroxyl groups is 2. The number of aromatic hydroxyl groups is 1. The molecule has 1 aromatic rings. The van der Waals surface area contributed by atoms with Crippen molar-refractivity contribution < 1.29 is 15.3 Å². The fourth-order valence-electron chi connectivity index (χ4n) is 1.14. The van der Waals surface area contributed by atoms with Crippen LogP contribution >= 0.6 is 15.9 Å². The van der Waals surface area contributed by atoms with Gasteiger partial charge in [0.1, 0.15) is 5.75 Å². The van der Waals surface area contributed by atoms with Crippen molar-refractivity contribution in [3.05, 3.63) is 28.2 Å². The van der Waals surface area contributed by atoms with Crippen molar-refractivity contribution in [2.75, 3.05) is 13.2 Å². The number of benzene rings is 1. The van der Waals surface area contributed by atoms with E-state index in [1.807, 2.05) is 0 Å². The molecule has 0 saturated heterocycles. The molecule has 0 saturated carbocycles. The Bertz CT molecular complexity index is 316. The molecule has 0 aliphatic carbocycles. The third-order valence-electron chi connectivity index (χ3n) is 2.06. The minimum atomic E-state index is -0.358. The fraction of sp³-hybridized carbons (Fsp3) is 0.400. The monoisotopic (exact) mass is 275 g/mol. The van der Waals surface area contributed by atoms with Crippen LogP contribution in [0.2, 0.25) is 0 Å². The summed E-state index contributed by atoms with van der Waals surface area (Å²) in [7, 11) is 0. The van der Waals surface area contributed by atoms with E-state index in [1.165, 1.54) is 0 Å². The summed E-state index contributed by atoms with van der Waals surface area (Å²) in [5, 5.41) is 30.1. The van der Waals surface area contributed by atoms with Gasteiger partial charge in [0.05, 0.1) is 19.3 Å². The Morgan fingerprint density at radius 2 is 1.93 bits per heavy atom. The van der Waals surface area contributed by atoms with Gasteiger partial charge in [0.25, 0.3) is 0 Å². The molecule has 0 spiro atoms. The predicted molar refractivity (Wildman–Crippen MR) is 60.6 cm³/mol. The van der Waals surface area contributed by atoms with Crippen molar-refractivity contribution in [3.8, 4) is 5.75 Å². The zero-order chi connectivity index (χ0) is 11.3. The summed E-state index contributed by atoms with van der Waals surface area (Å²) in [5.41, 5.74) is 0.719. The lowest BCUT2D eigenvalue weighted by Crippen LogP contribution is -2.35. The summed E-state index contributed by atoms with van der Waals surface area (Å²) in [6.07, 6.45) is 0. The summed E-state index contributed by atoms with van der Waals surface area (Å²) in [6, 6.07) is 4.76. The van der Waals surface area contributed by atoms with E-state index in [4.69, 9.17) is 10.2 Å². The average molecular weight is 276 g/mol. The summed E-state index contributed by atoms with van der Waals surface area (Å²) in [4.78, 5) is 0. The molecule has 0 aliphatic rings. The van der Waals surface area contributed by atoms with E-state index < -0.39 is 0 Å². The molecule has 1 rings (SSSR count). The van der Waals surface area contributed by atoms with Crippen LogP contribution in [-0.4, -0.2) is 34.6 Å². The smallest absolute Gasteiger partial charge is 0.120 e. The Morgan fingerprint density at radius 1 is 1.27 bits per heavy atom. The number of aliphatic hydroxyl groups excluding tert-OH is 2. The van der Waals surface area contributed by atoms with Crippen LogP contribution in [0.4, 0.5) is 0 Å². The standard InChI is InChI=1S/C10H14BrNO3/c11-8-1-2-10(15)7(3-8)4-12-9(5-13)6-14/h1-3,9,12-15H,4-6H2. The fourth-order valence-corrected chi connectivity index (χ4v) is 1.55. The molecule has 0 radical (unpaired) electrons. The first-order valence-electron chi connectivity index (χ1n) is 4.60. The zero-order valence-electron chi connectivity index (χ0n) is 8.15. The predicted octanol–water partition coefficient (Wildman–Crippen LogP) is 0.597. The van der Waals surface area contributed by atoms with Gasteiger partial charge >= 0.3 is 0 Å². The minimum Gasteiger partial charge on any atom is -0.508 e. The number of nitrogens with one attached hydrogen (secondary N) is 1. The molecule has 0 fully saturated rings. The summed E-state index contributed by atoms with van der Waals surface area (Å²) < 4.78 is 0.877. The van der Waals surface area contributed by atoms with Crippen LogP contribution in [0, 0.1) is 0 Å². The SMILES string of the molecule is OCC(CO)NCc1cc(Br)ccc1O. The van der Waals surface area contributed by atoms with Gasteiger partial charge in [-0.3, -0.25) is 0 Å². The number of phenolic OH excluding ortho intramolecular Hbond substituents is 1. The Balaban J connectivity index is 2.60. The molecule has 0 aliphatic heterocycles. The third-order valence-corrected chi connectivity index (χ3v) is 2.56. The Labute approximate surface area is 96.7 Å². The highest BCUT2D eigenvalue weighted by Crippen LogP contribution is 2.21. The van der Waals surface area contributed by atoms with Gasteiger partial charge in [0.2, 0.25) is 0 Å². The van der Waals surface area contributed by atoms with Crippen molar-refractivity contribution in [1.82, 2.24) is 5.32 Å². The Hall–Kier alpha value is -0.620. The lowest BCUT2D eigenvalue weighted by molar-refractivity contribution is 0.170. The molecule has 0 amide bonds. The number of phenols is 1. The van der Waals surface area contributed by atoms with E-state index in [0.717, 1.165) is 10.0 Å². The van der Waals surface area contributed by atoms with Crippen LogP contribution in [0.5, 0.6) is 5.75 Å². The van der Waals surface area contributed by atoms with Crippen molar-refractivity contribution in [2.24, 2.45) is 0 Å². The zero-order valence-corrected chi connectivity index (χ0v) is 9.74. The van der Waals surface area contributed by atoms with Gasteiger partial charge in [0, 0.05) is 16.6 Å². The van der Waals surface area contributed by atoms with E-state index >= 15 is 0 Å². The van der Waals surface area contributed by atoms with Gasteiger partial charge < -0.3 is 20.6 Å². The second kappa shape index (κ2) is 6.07. The quantitative estimate of drug-likeness (QED) is 0.635. The van der Waals surface area contributed by atoms with Gasteiger partial charge in [-0.15, -0.1) is 0 Å². The van der Waals surface area contributed by atoms with E-state index in [-0.39, 0.29) is 25.0 Å². The van der Waals surface area contributed by atoms with Crippen LogP contribution in [0.1, 0.15) is 5.56 Å². The Morgan fingerprint density at radius 3 is 2.53 bits per heavy atom. The van der Waals surface area contributed by atoms with Crippen LogP contribution in [0.15, 0.2) is 22.7 Å². The number of rotatable bonds is 5. The first-order valence-corrected chi connectivity index (χ1v) is 5.39. The maximum Gasteiger partial charge on any atom is 0.120 e. The molecule has 0 atom stereocenters. The molecular weight excluding hydrogens is 262 g/mol. The van der Waals surface area contributed by atoms with Crippen LogP contribution in [0.25, 0.3) is 0 Å². The average Bonchev–Trinajstić information content (AvgIpc) is 2.24. The molecule has 0 aromatic heterocycles. The number of hydrogen-bond acceptors (Lipinski definition) is 4. The highest BCUT2D eigenvalue weighted by atomic mass is 79.9. The maximum atomic E-state index is 9.51. The van der Waals surface area contributed by atoms with Gasteiger partial charge in [-0.05, 0) is 18.2 Å². The molecule has 1 aromatic carbocycles. The van der Waals surface area contributed by atoms with Crippen LogP contribution in [-0.2, 0) is 6.54 Å². The minimum absolute atomic E-state index is 0.134. The van der Waals surface area contributed by atoms with Crippen molar-refractivity contribution in [1.29, 1.82) is 0 Å². The molecule has 15 heavy (non-hydrogen) atoms. The van der Waals surface area contributed by atoms with Gasteiger partial charge in [-0.1, -0.05) is 15.9 Å². The molecule has 0 unspecified atom stereocenters. The molecule has 0 bridgehead atoms. The first-order chi connectivity index (χ1) is 7.17. The third kappa shape index (κ3) is 3.79. The lowest BCUT2D eigenvalue weighted by atomic mass is 10.2. The van der Waals surface area contributed by atoms with Crippen molar-refractivity contribution in [3.63, 3.8) is 0 Å². The Kier molecular flexibility index (Phi) is 5.04. The van der Waals surface area contributed by atoms with E-state index in [9.17, 15) is 5.11 Å². The molecule has 0 heterocycles. The van der Waals surface area contributed by atoms with E-state index in [0.29, 0.717) is 6.54 Å². The number of halogens is 1. The summed E-state index contributed by atoms with van der Waals surface area (Å²) >= 11 is 3.30. The molecule has 4 N–H and O–H groups in total. The first kappa shape index (κ1) is 12.4. The van der Waals surface area contributed by atoms with Gasteiger partial charge in [0.15, 0.2) is 0 Å². The lowest BCUT2D eigenvalue weighted by Gasteiger charge is -2.13. The van der Waals surface area contributed by atoms with Crippen molar-refractivity contribution >= 4 is 15.9 Å². The second-order valence-electron chi connectivity index (χ2n) is 3.22. The topological polar surface area (TPSA) is 72.7 Å². The maximum absolute atomic E-state index is 9.51. The largest absolute Gasteiger partial charge is 0.508 e. The highest BCUT2D eigenvalue weighted by Gasteiger charge is 2.07. The van der Waals surface area contributed by atoms with Crippen LogP contribution in [0.3, 0.4) is 0 Å². The molecule has 5 heteroatoms. The second-order valence-corrected chi connectivity index (χ2v) is 4.13. The normalized spacial score (nSPS) is 10.9. The molecule has 4 nitrogen and oxygen atoms in total. The van der Waals surface area contributed by atoms with E-state index in [2.05, 4.69) is 21.2 Å². The summed E-state index contributed by atoms with van der Waals surface area (Å²) in [6.45, 7) is 0.133. The van der Waals surface area contributed by atoms with Crippen LogP contribution < -0.4 is 5.32 Å². The number of hydrogen-bond donors (Lipinski definition) is 4. The summed E-state index contributed by atoms with van der Waals surface area (Å²) in [5.74, 6) is 0.195. The van der Waals surface area contributed by atoms with Gasteiger partial charge in [-0.2, -0.15) is 0 Å². The molecule has 84 valence electrons. The van der Waals surface area contributed by atoms with Crippen molar-refractivity contribution in [2.45, 2.75) is 12.6 Å². The van der Waals surface area contributed by atoms with E-state index in [1.54, 1.807) is 18.2 Å². The van der Waals surface area contributed by atoms with Gasteiger partial charge in [-0.25, -0.2) is 0 Å². The highest BCUT2D eigenvalue weighted by molar-refractivity contribution is 9.10.